The number of benzene rings is 1. The first-order valence-electron chi connectivity index (χ1n) is 5.24. The molecule has 0 unspecified atom stereocenters. The third-order valence-corrected chi connectivity index (χ3v) is 3.60. The van der Waals surface area contributed by atoms with E-state index in [0.29, 0.717) is 14.8 Å². The fourth-order valence-electron chi connectivity index (χ4n) is 1.61. The molecule has 0 saturated heterocycles. The second-order valence-corrected chi connectivity index (χ2v) is 5.38. The van der Waals surface area contributed by atoms with Crippen molar-refractivity contribution in [2.75, 3.05) is 7.05 Å². The first-order chi connectivity index (χ1) is 8.20. The Balaban J connectivity index is 2.27. The second-order valence-electron chi connectivity index (χ2n) is 3.66. The summed E-state index contributed by atoms with van der Waals surface area (Å²) in [6.07, 6.45) is 0. The SMILES string of the molecule is CNCc1cccc(C(=O)c2ccc(Cl)s2)c1. The number of nitrogens with one attached hydrogen (secondary N) is 1. The molecule has 1 aromatic carbocycles. The van der Waals surface area contributed by atoms with E-state index in [2.05, 4.69) is 5.32 Å². The number of halogens is 1. The molecule has 17 heavy (non-hydrogen) atoms. The van der Waals surface area contributed by atoms with Gasteiger partial charge in [-0.2, -0.15) is 0 Å². The van der Waals surface area contributed by atoms with E-state index in [-0.39, 0.29) is 5.78 Å². The molecule has 0 radical (unpaired) electrons. The third-order valence-electron chi connectivity index (χ3n) is 2.37. The van der Waals surface area contributed by atoms with E-state index in [1.165, 1.54) is 11.3 Å². The zero-order valence-corrected chi connectivity index (χ0v) is 10.9. The Morgan fingerprint density at radius 3 is 2.82 bits per heavy atom. The molecule has 0 aliphatic heterocycles. The van der Waals surface area contributed by atoms with Crippen molar-refractivity contribution in [3.8, 4) is 0 Å². The molecule has 0 aliphatic rings. The quantitative estimate of drug-likeness (QED) is 0.859. The van der Waals surface area contributed by atoms with Gasteiger partial charge in [0.2, 0.25) is 5.78 Å². The van der Waals surface area contributed by atoms with E-state index < -0.39 is 0 Å². The third kappa shape index (κ3) is 2.94. The molecule has 1 N–H and O–H groups in total. The maximum absolute atomic E-state index is 12.1. The first-order valence-corrected chi connectivity index (χ1v) is 6.43. The zero-order valence-electron chi connectivity index (χ0n) is 9.37. The molecule has 0 bridgehead atoms. The van der Waals surface area contributed by atoms with Crippen LogP contribution in [0.1, 0.15) is 20.8 Å². The van der Waals surface area contributed by atoms with Crippen molar-refractivity contribution in [1.29, 1.82) is 0 Å². The Hall–Kier alpha value is -1.16. The highest BCUT2D eigenvalue weighted by molar-refractivity contribution is 7.18. The summed E-state index contributed by atoms with van der Waals surface area (Å²) < 4.78 is 0.639. The molecule has 2 rings (SSSR count). The van der Waals surface area contributed by atoms with Gasteiger partial charge in [0.15, 0.2) is 0 Å². The van der Waals surface area contributed by atoms with Crippen LogP contribution >= 0.6 is 22.9 Å². The van der Waals surface area contributed by atoms with Crippen LogP contribution in [0, 0.1) is 0 Å². The lowest BCUT2D eigenvalue weighted by Gasteiger charge is -2.03. The lowest BCUT2D eigenvalue weighted by atomic mass is 10.1. The largest absolute Gasteiger partial charge is 0.316 e. The number of carbonyl (C=O) groups excluding carboxylic acids is 1. The summed E-state index contributed by atoms with van der Waals surface area (Å²) in [6.45, 7) is 0.756. The molecule has 0 saturated carbocycles. The maximum atomic E-state index is 12.1. The molecule has 0 spiro atoms. The summed E-state index contributed by atoms with van der Waals surface area (Å²) in [5, 5.41) is 3.06. The van der Waals surface area contributed by atoms with Gasteiger partial charge in [-0.05, 0) is 30.8 Å². The van der Waals surface area contributed by atoms with E-state index >= 15 is 0 Å². The lowest BCUT2D eigenvalue weighted by molar-refractivity contribution is 0.104. The average molecular weight is 266 g/mol. The van der Waals surface area contributed by atoms with E-state index in [1.807, 2.05) is 31.3 Å². The van der Waals surface area contributed by atoms with Crippen LogP contribution in [-0.4, -0.2) is 12.8 Å². The normalized spacial score (nSPS) is 10.5. The molecule has 0 aliphatic carbocycles. The van der Waals surface area contributed by atoms with Gasteiger partial charge in [-0.1, -0.05) is 29.8 Å². The number of ketones is 1. The number of hydrogen-bond donors (Lipinski definition) is 1. The Bertz CT molecular complexity index is 536. The van der Waals surface area contributed by atoms with Gasteiger partial charge < -0.3 is 5.32 Å². The number of rotatable bonds is 4. The van der Waals surface area contributed by atoms with Crippen LogP contribution < -0.4 is 5.32 Å². The Kier molecular flexibility index (Phi) is 3.94. The predicted molar refractivity (Wildman–Crippen MR) is 72.0 cm³/mol. The van der Waals surface area contributed by atoms with Crippen molar-refractivity contribution in [1.82, 2.24) is 5.32 Å². The molecule has 0 atom stereocenters. The highest BCUT2D eigenvalue weighted by atomic mass is 35.5. The van der Waals surface area contributed by atoms with Crippen LogP contribution in [0.25, 0.3) is 0 Å². The summed E-state index contributed by atoms with van der Waals surface area (Å²) >= 11 is 7.14. The maximum Gasteiger partial charge on any atom is 0.203 e. The standard InChI is InChI=1S/C13H12ClNOS/c1-15-8-9-3-2-4-10(7-9)13(16)11-5-6-12(14)17-11/h2-7,15H,8H2,1H3. The first kappa shape index (κ1) is 12.3. The minimum absolute atomic E-state index is 0.0276. The van der Waals surface area contributed by atoms with Gasteiger partial charge >= 0.3 is 0 Å². The topological polar surface area (TPSA) is 29.1 Å². The minimum Gasteiger partial charge on any atom is -0.316 e. The fraction of sp³-hybridized carbons (Fsp3) is 0.154. The smallest absolute Gasteiger partial charge is 0.203 e. The van der Waals surface area contributed by atoms with Crippen LogP contribution in [0.5, 0.6) is 0 Å². The van der Waals surface area contributed by atoms with E-state index in [9.17, 15) is 4.79 Å². The summed E-state index contributed by atoms with van der Waals surface area (Å²) in [5.41, 5.74) is 1.80. The van der Waals surface area contributed by atoms with Crippen molar-refractivity contribution < 1.29 is 4.79 Å². The summed E-state index contributed by atoms with van der Waals surface area (Å²) in [7, 11) is 1.88. The van der Waals surface area contributed by atoms with Crippen LogP contribution in [0.2, 0.25) is 4.34 Å². The van der Waals surface area contributed by atoms with E-state index in [4.69, 9.17) is 11.6 Å². The van der Waals surface area contributed by atoms with Gasteiger partial charge in [0.05, 0.1) is 9.21 Å². The molecule has 0 fully saturated rings. The zero-order chi connectivity index (χ0) is 12.3. The molecule has 1 heterocycles. The van der Waals surface area contributed by atoms with Crippen LogP contribution in [0.15, 0.2) is 36.4 Å². The average Bonchev–Trinajstić information content (AvgIpc) is 2.76. The number of thiophene rings is 1. The molecule has 2 aromatic rings. The van der Waals surface area contributed by atoms with E-state index in [1.54, 1.807) is 12.1 Å². The molecule has 2 nitrogen and oxygen atoms in total. The molecule has 1 aromatic heterocycles. The van der Waals surface area contributed by atoms with Gasteiger partial charge in [0.1, 0.15) is 0 Å². The molecular formula is C13H12ClNOS. The van der Waals surface area contributed by atoms with Gasteiger partial charge in [0.25, 0.3) is 0 Å². The van der Waals surface area contributed by atoms with Crippen LogP contribution in [-0.2, 0) is 6.54 Å². The van der Waals surface area contributed by atoms with Crippen molar-refractivity contribution in [3.63, 3.8) is 0 Å². The summed E-state index contributed by atoms with van der Waals surface area (Å²) in [5.74, 6) is 0.0276. The summed E-state index contributed by atoms with van der Waals surface area (Å²) in [6, 6.07) is 11.1. The van der Waals surface area contributed by atoms with Crippen molar-refractivity contribution in [2.24, 2.45) is 0 Å². The Morgan fingerprint density at radius 2 is 2.18 bits per heavy atom. The monoisotopic (exact) mass is 265 g/mol. The second kappa shape index (κ2) is 5.45. The van der Waals surface area contributed by atoms with Crippen molar-refractivity contribution >= 4 is 28.7 Å². The number of carbonyl (C=O) groups is 1. The van der Waals surface area contributed by atoms with Crippen LogP contribution in [0.4, 0.5) is 0 Å². The minimum atomic E-state index is 0.0276. The highest BCUT2D eigenvalue weighted by Crippen LogP contribution is 2.24. The van der Waals surface area contributed by atoms with Gasteiger partial charge in [-0.15, -0.1) is 11.3 Å². The molecule has 0 amide bonds. The number of hydrogen-bond acceptors (Lipinski definition) is 3. The van der Waals surface area contributed by atoms with E-state index in [0.717, 1.165) is 12.1 Å². The Morgan fingerprint density at radius 1 is 1.35 bits per heavy atom. The fourth-order valence-corrected chi connectivity index (χ4v) is 2.61. The van der Waals surface area contributed by atoms with Crippen LogP contribution in [0.3, 0.4) is 0 Å². The molecule has 4 heteroatoms. The Labute approximate surface area is 109 Å². The van der Waals surface area contributed by atoms with Gasteiger partial charge in [-0.25, -0.2) is 0 Å². The predicted octanol–water partition coefficient (Wildman–Crippen LogP) is 3.35. The van der Waals surface area contributed by atoms with Crippen molar-refractivity contribution in [2.45, 2.75) is 6.54 Å². The van der Waals surface area contributed by atoms with Gasteiger partial charge in [0, 0.05) is 12.1 Å². The molecular weight excluding hydrogens is 254 g/mol. The van der Waals surface area contributed by atoms with Gasteiger partial charge in [-0.3, -0.25) is 4.79 Å². The summed E-state index contributed by atoms with van der Waals surface area (Å²) in [4.78, 5) is 12.8. The van der Waals surface area contributed by atoms with Crippen molar-refractivity contribution in [3.05, 3.63) is 56.7 Å². The molecule has 88 valence electrons. The highest BCUT2D eigenvalue weighted by Gasteiger charge is 2.11. The lowest BCUT2D eigenvalue weighted by Crippen LogP contribution is -2.06.